The van der Waals surface area contributed by atoms with Crippen LogP contribution in [0.4, 0.5) is 0 Å². The molecule has 1 unspecified atom stereocenters. The van der Waals surface area contributed by atoms with Crippen molar-refractivity contribution < 1.29 is 38.5 Å². The molecule has 2 saturated heterocycles. The van der Waals surface area contributed by atoms with E-state index in [0.29, 0.717) is 25.7 Å². The van der Waals surface area contributed by atoms with E-state index in [2.05, 4.69) is 66.0 Å². The fourth-order valence-corrected chi connectivity index (χ4v) is 7.54. The number of ketones is 1. The molecular formula is C29H50N2O8. The lowest BCUT2D eigenvalue weighted by Crippen LogP contribution is -2.71. The van der Waals surface area contributed by atoms with Crippen molar-refractivity contribution in [3.63, 3.8) is 0 Å². The molecule has 2 rings (SSSR count). The van der Waals surface area contributed by atoms with Crippen LogP contribution in [-0.2, 0) is 33.4 Å². The van der Waals surface area contributed by atoms with Gasteiger partial charge in [0.1, 0.15) is 18.6 Å². The molecule has 2 aliphatic heterocycles. The molecule has 0 amide bonds. The van der Waals surface area contributed by atoms with Gasteiger partial charge in [-0.05, 0) is 88.0 Å². The molecule has 224 valence electrons. The number of carboxylic acid groups (broad SMARTS) is 1. The SMILES string of the molecule is COCC(OC(=O)CC(C)=O)C(OC(=O)CC(=O)O)(C1CC(C)(C)NC(C)(C)C1)C1CC(C)(C)NC(C)(C)C1. The first-order valence-corrected chi connectivity index (χ1v) is 13.8. The maximum atomic E-state index is 13.3. The predicted octanol–water partition coefficient (Wildman–Crippen LogP) is 3.39. The third-order valence-electron chi connectivity index (χ3n) is 7.73. The highest BCUT2D eigenvalue weighted by Gasteiger charge is 2.62. The third-order valence-corrected chi connectivity index (χ3v) is 7.73. The van der Waals surface area contributed by atoms with Crippen LogP contribution in [0.2, 0.25) is 0 Å². The Kier molecular flexibility index (Phi) is 10.1. The molecule has 0 aliphatic carbocycles. The van der Waals surface area contributed by atoms with E-state index >= 15 is 0 Å². The lowest BCUT2D eigenvalue weighted by atomic mass is 9.58. The average Bonchev–Trinajstić information content (AvgIpc) is 2.65. The summed E-state index contributed by atoms with van der Waals surface area (Å²) >= 11 is 0. The van der Waals surface area contributed by atoms with Gasteiger partial charge >= 0.3 is 17.9 Å². The van der Waals surface area contributed by atoms with Crippen LogP contribution in [0, 0.1) is 11.8 Å². The number of carboxylic acids is 1. The van der Waals surface area contributed by atoms with E-state index in [4.69, 9.17) is 14.2 Å². The Morgan fingerprint density at radius 2 is 1.21 bits per heavy atom. The van der Waals surface area contributed by atoms with Gasteiger partial charge in [-0.15, -0.1) is 0 Å². The predicted molar refractivity (Wildman–Crippen MR) is 146 cm³/mol. The van der Waals surface area contributed by atoms with E-state index in [-0.39, 0.29) is 46.4 Å². The van der Waals surface area contributed by atoms with Gasteiger partial charge in [-0.1, -0.05) is 0 Å². The monoisotopic (exact) mass is 554 g/mol. The van der Waals surface area contributed by atoms with Gasteiger partial charge in [-0.3, -0.25) is 19.2 Å². The number of methoxy groups -OCH3 is 1. The fourth-order valence-electron chi connectivity index (χ4n) is 7.54. The largest absolute Gasteiger partial charge is 0.481 e. The van der Waals surface area contributed by atoms with Gasteiger partial charge in [-0.25, -0.2) is 0 Å². The summed E-state index contributed by atoms with van der Waals surface area (Å²) < 4.78 is 18.0. The first kappa shape index (κ1) is 33.2. The van der Waals surface area contributed by atoms with E-state index in [1.54, 1.807) is 0 Å². The second kappa shape index (κ2) is 11.8. The lowest BCUT2D eigenvalue weighted by molar-refractivity contribution is -0.233. The van der Waals surface area contributed by atoms with Crippen molar-refractivity contribution in [2.24, 2.45) is 11.8 Å². The molecule has 10 nitrogen and oxygen atoms in total. The van der Waals surface area contributed by atoms with Crippen molar-refractivity contribution in [1.82, 2.24) is 10.6 Å². The van der Waals surface area contributed by atoms with Crippen molar-refractivity contribution in [2.75, 3.05) is 13.7 Å². The summed E-state index contributed by atoms with van der Waals surface area (Å²) in [5.41, 5.74) is -2.88. The van der Waals surface area contributed by atoms with Crippen molar-refractivity contribution >= 4 is 23.7 Å². The topological polar surface area (TPSA) is 140 Å². The number of carbonyl (C=O) groups is 4. The number of esters is 2. The molecule has 0 bridgehead atoms. The number of piperidine rings is 2. The Balaban J connectivity index is 2.84. The maximum absolute atomic E-state index is 13.3. The molecule has 2 fully saturated rings. The van der Waals surface area contributed by atoms with E-state index in [0.717, 1.165) is 0 Å². The van der Waals surface area contributed by atoms with Crippen LogP contribution in [0.15, 0.2) is 0 Å². The zero-order valence-electron chi connectivity index (χ0n) is 25.5. The van der Waals surface area contributed by atoms with E-state index in [1.807, 2.05) is 0 Å². The van der Waals surface area contributed by atoms with Crippen LogP contribution in [0.5, 0.6) is 0 Å². The molecule has 0 aromatic carbocycles. The Labute approximate surface area is 233 Å². The summed E-state index contributed by atoms with van der Waals surface area (Å²) in [5.74, 6) is -3.92. The summed E-state index contributed by atoms with van der Waals surface area (Å²) in [4.78, 5) is 49.6. The van der Waals surface area contributed by atoms with E-state index < -0.39 is 42.5 Å². The van der Waals surface area contributed by atoms with Gasteiger partial charge in [0.2, 0.25) is 0 Å². The number of hydrogen-bond donors (Lipinski definition) is 3. The second-order valence-electron chi connectivity index (χ2n) is 14.2. The second-order valence-corrected chi connectivity index (χ2v) is 14.2. The molecule has 0 saturated carbocycles. The molecule has 0 aromatic rings. The molecule has 0 radical (unpaired) electrons. The first-order chi connectivity index (χ1) is 17.6. The highest BCUT2D eigenvalue weighted by Crippen LogP contribution is 2.52. The zero-order chi connectivity index (χ0) is 30.0. The molecule has 0 aromatic heterocycles. The van der Waals surface area contributed by atoms with Crippen LogP contribution in [-0.4, -0.2) is 76.4 Å². The van der Waals surface area contributed by atoms with Crippen molar-refractivity contribution in [3.05, 3.63) is 0 Å². The summed E-state index contributed by atoms with van der Waals surface area (Å²) in [6, 6.07) is 0. The maximum Gasteiger partial charge on any atom is 0.317 e. The van der Waals surface area contributed by atoms with Crippen molar-refractivity contribution in [1.29, 1.82) is 0 Å². The normalized spacial score (nSPS) is 23.4. The number of carbonyl (C=O) groups excluding carboxylic acids is 3. The molecule has 39 heavy (non-hydrogen) atoms. The van der Waals surface area contributed by atoms with Crippen LogP contribution < -0.4 is 10.6 Å². The minimum absolute atomic E-state index is 0.0838. The summed E-state index contributed by atoms with van der Waals surface area (Å²) in [6.07, 6.45) is -0.00295. The number of ether oxygens (including phenoxy) is 3. The molecule has 10 heteroatoms. The minimum Gasteiger partial charge on any atom is -0.481 e. The Bertz CT molecular complexity index is 870. The van der Waals surface area contributed by atoms with Crippen LogP contribution in [0.3, 0.4) is 0 Å². The summed E-state index contributed by atoms with van der Waals surface area (Å²) in [6.45, 7) is 17.8. The van der Waals surface area contributed by atoms with Gasteiger partial charge in [-0.2, -0.15) is 0 Å². The molecule has 0 spiro atoms. The van der Waals surface area contributed by atoms with Crippen molar-refractivity contribution in [3.8, 4) is 0 Å². The molecule has 1 atom stereocenters. The van der Waals surface area contributed by atoms with E-state index in [1.165, 1.54) is 14.0 Å². The standard InChI is InChI=1S/C29H50N2O8/c1-18(32)11-23(35)38-21(17-37-10)29(39-24(36)12-22(33)34,19-13-25(2,3)30-26(4,5)14-19)20-15-27(6,7)31-28(8,9)16-20/h19-21,30-31H,11-17H2,1-10H3,(H,33,34). The smallest absolute Gasteiger partial charge is 0.317 e. The number of hydrogen-bond acceptors (Lipinski definition) is 9. The summed E-state index contributed by atoms with van der Waals surface area (Å²) in [5, 5.41) is 16.8. The first-order valence-electron chi connectivity index (χ1n) is 13.8. The fraction of sp³-hybridized carbons (Fsp3) is 0.862. The Morgan fingerprint density at radius 3 is 1.54 bits per heavy atom. The lowest BCUT2D eigenvalue weighted by Gasteiger charge is -2.59. The van der Waals surface area contributed by atoms with E-state index in [9.17, 15) is 24.3 Å². The van der Waals surface area contributed by atoms with Gasteiger partial charge in [0, 0.05) is 41.1 Å². The van der Waals surface area contributed by atoms with Crippen LogP contribution in [0.1, 0.15) is 101 Å². The van der Waals surface area contributed by atoms with Crippen LogP contribution >= 0.6 is 0 Å². The highest BCUT2D eigenvalue weighted by atomic mass is 16.6. The van der Waals surface area contributed by atoms with Gasteiger partial charge in [0.15, 0.2) is 11.7 Å². The molecule has 2 aliphatic rings. The number of nitrogens with one attached hydrogen (secondary N) is 2. The molecule has 2 heterocycles. The van der Waals surface area contributed by atoms with Crippen LogP contribution in [0.25, 0.3) is 0 Å². The third kappa shape index (κ3) is 8.98. The Hall–Kier alpha value is -2.04. The Morgan fingerprint density at radius 1 is 0.795 bits per heavy atom. The number of Topliss-reactive ketones (excluding diaryl/α,β-unsaturated/α-hetero) is 1. The van der Waals surface area contributed by atoms with Gasteiger partial charge in [0.25, 0.3) is 0 Å². The summed E-state index contributed by atoms with van der Waals surface area (Å²) in [7, 11) is 1.47. The highest BCUT2D eigenvalue weighted by molar-refractivity contribution is 5.94. The molecular weight excluding hydrogens is 504 g/mol. The number of rotatable bonds is 11. The average molecular weight is 555 g/mol. The minimum atomic E-state index is -1.41. The molecule has 3 N–H and O–H groups in total. The zero-order valence-corrected chi connectivity index (χ0v) is 25.5. The van der Waals surface area contributed by atoms with Gasteiger partial charge < -0.3 is 30.0 Å². The van der Waals surface area contributed by atoms with Gasteiger partial charge in [0.05, 0.1) is 6.61 Å². The number of aliphatic carboxylic acids is 1. The van der Waals surface area contributed by atoms with Crippen molar-refractivity contribution in [2.45, 2.75) is 135 Å². The quantitative estimate of drug-likeness (QED) is 0.257.